The fraction of sp³-hybridized carbons (Fsp3) is 0.464. The third-order valence-electron chi connectivity index (χ3n) is 7.04. The lowest BCUT2D eigenvalue weighted by molar-refractivity contribution is 0.283. The number of unbranched alkanes of at least 4 members (excludes halogenated alkanes) is 3. The van der Waals surface area contributed by atoms with Crippen molar-refractivity contribution in [1.82, 2.24) is 9.80 Å². The maximum Gasteiger partial charge on any atom is 0.257 e. The zero-order valence-electron chi connectivity index (χ0n) is 22.1. The molecule has 0 amide bonds. The minimum atomic E-state index is -0.307. The molecule has 1 aromatic heterocycles. The number of nitrogens with one attached hydrogen (secondary N) is 1. The zero-order chi connectivity index (χ0) is 26.6. The van der Waals surface area contributed by atoms with Gasteiger partial charge in [-0.05, 0) is 18.6 Å². The summed E-state index contributed by atoms with van der Waals surface area (Å²) in [4.78, 5) is 14.1. The van der Waals surface area contributed by atoms with Gasteiger partial charge in [0.25, 0.3) is 5.43 Å². The third kappa shape index (κ3) is 5.33. The molecule has 0 atom stereocenters. The van der Waals surface area contributed by atoms with Gasteiger partial charge in [0.1, 0.15) is 22.5 Å². The average Bonchev–Trinajstić information content (AvgIpc) is 2.88. The molecule has 3 N–H and O–H groups in total. The van der Waals surface area contributed by atoms with Crippen LogP contribution in [-0.2, 0) is 0 Å². The molecule has 0 unspecified atom stereocenters. The van der Waals surface area contributed by atoms with Gasteiger partial charge in [0.15, 0.2) is 17.3 Å². The van der Waals surface area contributed by atoms with Crippen molar-refractivity contribution in [3.63, 3.8) is 0 Å². The first-order chi connectivity index (χ1) is 17.8. The van der Waals surface area contributed by atoms with E-state index < -0.39 is 0 Å². The lowest BCUT2D eigenvalue weighted by Gasteiger charge is -2.37. The van der Waals surface area contributed by atoms with E-state index in [0.29, 0.717) is 46.9 Å². The lowest BCUT2D eigenvalue weighted by Crippen LogP contribution is -2.58. The fourth-order valence-corrected chi connectivity index (χ4v) is 4.89. The summed E-state index contributed by atoms with van der Waals surface area (Å²) >= 11 is 0. The van der Waals surface area contributed by atoms with Crippen LogP contribution < -0.4 is 29.4 Å². The van der Waals surface area contributed by atoms with Crippen molar-refractivity contribution in [1.29, 1.82) is 0 Å². The topological polar surface area (TPSA) is 110 Å². The quantitative estimate of drug-likeness (QED) is 0.271. The van der Waals surface area contributed by atoms with Crippen LogP contribution in [0.5, 0.6) is 28.7 Å². The van der Waals surface area contributed by atoms with Crippen LogP contribution in [0.4, 0.5) is 5.69 Å². The number of nitrogens with zero attached hydrogens (tertiary/aromatic N) is 1. The molecule has 1 aliphatic rings. The predicted molar refractivity (Wildman–Crippen MR) is 144 cm³/mol. The highest BCUT2D eigenvalue weighted by atomic mass is 16.5. The van der Waals surface area contributed by atoms with E-state index in [-0.39, 0.29) is 39.4 Å². The maximum absolute atomic E-state index is 14.1. The lowest BCUT2D eigenvalue weighted by atomic mass is 10.0. The number of hydrogen-bond acceptors (Lipinski definition) is 8. The van der Waals surface area contributed by atoms with Crippen LogP contribution >= 0.6 is 0 Å². The Bertz CT molecular complexity index is 1290. The van der Waals surface area contributed by atoms with Gasteiger partial charge in [-0.3, -0.25) is 9.28 Å². The molecule has 0 bridgehead atoms. The van der Waals surface area contributed by atoms with Crippen LogP contribution in [0.3, 0.4) is 0 Å². The Morgan fingerprint density at radius 2 is 1.68 bits per heavy atom. The van der Waals surface area contributed by atoms with Gasteiger partial charge in [-0.25, -0.2) is 0 Å². The van der Waals surface area contributed by atoms with Gasteiger partial charge in [0.05, 0.1) is 41.0 Å². The third-order valence-corrected chi connectivity index (χ3v) is 7.04. The summed E-state index contributed by atoms with van der Waals surface area (Å²) in [6, 6.07) is 6.37. The van der Waals surface area contributed by atoms with Gasteiger partial charge in [0, 0.05) is 30.8 Å². The number of quaternary nitrogens is 1. The normalized spacial score (nSPS) is 15.0. The Balaban J connectivity index is 1.92. The van der Waals surface area contributed by atoms with E-state index in [1.165, 1.54) is 20.3 Å². The molecule has 9 heteroatoms. The average molecular weight is 514 g/mol. The molecule has 4 rings (SSSR count). The number of ether oxygens (including phenoxy) is 3. The van der Waals surface area contributed by atoms with E-state index in [1.54, 1.807) is 18.2 Å². The highest BCUT2D eigenvalue weighted by Crippen LogP contribution is 2.44. The number of rotatable bonds is 10. The maximum atomic E-state index is 14.1. The number of methoxy groups -OCH3 is 2. The summed E-state index contributed by atoms with van der Waals surface area (Å²) in [6.07, 6.45) is 4.24. The van der Waals surface area contributed by atoms with E-state index in [0.717, 1.165) is 38.8 Å². The highest BCUT2D eigenvalue weighted by Gasteiger charge is 2.37. The Morgan fingerprint density at radius 1 is 1.00 bits per heavy atom. The molecular weight excluding hydrogens is 476 g/mol. The summed E-state index contributed by atoms with van der Waals surface area (Å²) in [7, 11) is 4.88. The van der Waals surface area contributed by atoms with Gasteiger partial charge >= 0.3 is 0 Å². The van der Waals surface area contributed by atoms with Crippen molar-refractivity contribution in [2.45, 2.75) is 32.6 Å². The first kappa shape index (κ1) is 26.6. The minimum absolute atomic E-state index is 0.118. The van der Waals surface area contributed by atoms with Crippen LogP contribution in [0.2, 0.25) is 0 Å². The van der Waals surface area contributed by atoms with Crippen molar-refractivity contribution >= 4 is 16.7 Å². The first-order valence-corrected chi connectivity index (χ1v) is 12.8. The second-order valence-electron chi connectivity index (χ2n) is 9.66. The molecule has 1 saturated heterocycles. The second kappa shape index (κ2) is 11.3. The van der Waals surface area contributed by atoms with Gasteiger partial charge < -0.3 is 34.2 Å². The molecule has 0 radical (unpaired) electrons. The second-order valence-corrected chi connectivity index (χ2v) is 9.66. The van der Waals surface area contributed by atoms with Crippen molar-refractivity contribution < 1.29 is 28.8 Å². The molecule has 2 heterocycles. The Morgan fingerprint density at radius 3 is 2.30 bits per heavy atom. The summed E-state index contributed by atoms with van der Waals surface area (Å²) < 4.78 is 23.3. The molecule has 3 aromatic rings. The largest absolute Gasteiger partial charge is 0.507 e. The van der Waals surface area contributed by atoms with E-state index in [2.05, 4.69) is 12.2 Å². The molecule has 9 nitrogen and oxygen atoms in total. The Labute approximate surface area is 216 Å². The zero-order valence-corrected chi connectivity index (χ0v) is 22.1. The number of piperazine rings is 1. The minimum Gasteiger partial charge on any atom is -0.507 e. The van der Waals surface area contributed by atoms with Crippen LogP contribution in [0.1, 0.15) is 32.6 Å². The molecule has 1 aliphatic heterocycles. The molecular formula is C28H37N2O7+. The van der Waals surface area contributed by atoms with Crippen molar-refractivity contribution in [2.75, 3.05) is 54.1 Å². The molecule has 2 aromatic carbocycles. The molecule has 200 valence electrons. The number of hydrogen-bond donors (Lipinski definition) is 3. The first-order valence-electron chi connectivity index (χ1n) is 12.8. The molecule has 0 aliphatic carbocycles. The van der Waals surface area contributed by atoms with E-state index in [9.17, 15) is 15.0 Å². The SMILES string of the molecule is CCCCCCOc1cc(O)c2c(=O)c([N+]3(C)CCNCC3)c(-c3cc(OC)c(O)c(OC)c3)oc2c1. The molecule has 1 fully saturated rings. The number of fused-ring (bicyclic) bond motifs is 1. The van der Waals surface area contributed by atoms with E-state index in [4.69, 9.17) is 18.6 Å². The Hall–Kier alpha value is -3.43. The van der Waals surface area contributed by atoms with Gasteiger partial charge in [-0.2, -0.15) is 0 Å². The Kier molecular flexibility index (Phi) is 8.14. The van der Waals surface area contributed by atoms with Gasteiger partial charge in [0.2, 0.25) is 11.4 Å². The van der Waals surface area contributed by atoms with Crippen molar-refractivity contribution in [3.8, 4) is 40.1 Å². The number of benzene rings is 2. The van der Waals surface area contributed by atoms with E-state index >= 15 is 0 Å². The number of aromatic hydroxyl groups is 2. The van der Waals surface area contributed by atoms with Gasteiger partial charge in [-0.1, -0.05) is 26.2 Å². The number of phenols is 2. The van der Waals surface area contributed by atoms with Crippen molar-refractivity contribution in [2.24, 2.45) is 0 Å². The summed E-state index contributed by atoms with van der Waals surface area (Å²) in [6.45, 7) is 5.44. The monoisotopic (exact) mass is 513 g/mol. The predicted octanol–water partition coefficient (Wildman–Crippen LogP) is 4.39. The van der Waals surface area contributed by atoms with Crippen LogP contribution in [0.25, 0.3) is 22.3 Å². The fourth-order valence-electron chi connectivity index (χ4n) is 4.89. The van der Waals surface area contributed by atoms with Crippen LogP contribution in [0.15, 0.2) is 33.5 Å². The number of phenolic OH excluding ortho intramolecular Hbond substituents is 2. The van der Waals surface area contributed by atoms with Crippen LogP contribution in [-0.4, -0.2) is 64.3 Å². The van der Waals surface area contributed by atoms with Crippen LogP contribution in [0, 0.1) is 0 Å². The number of likely N-dealkylation sites (N-methyl/N-ethyl adjacent to an activating group) is 1. The smallest absolute Gasteiger partial charge is 0.257 e. The van der Waals surface area contributed by atoms with E-state index in [1.807, 2.05) is 7.05 Å². The summed E-state index contributed by atoms with van der Waals surface area (Å²) in [5, 5.41) is 24.8. The summed E-state index contributed by atoms with van der Waals surface area (Å²) in [5.74, 6) is 0.837. The molecule has 0 saturated carbocycles. The standard InChI is InChI=1S/C28H36N2O7/c1-5-6-7-8-13-36-19-16-20(31)24-21(17-19)37-28(18-14-22(34-3)26(32)23(15-18)35-4)25(27(24)33)30(2)11-9-29-10-12-30/h14-17,29H,5-13H2,1-4H3,(H-,31,32,33)/p+1. The summed E-state index contributed by atoms with van der Waals surface area (Å²) in [5.41, 5.74) is 0.856. The molecule has 37 heavy (non-hydrogen) atoms. The molecule has 0 spiro atoms. The van der Waals surface area contributed by atoms with Gasteiger partial charge in [-0.15, -0.1) is 0 Å². The van der Waals surface area contributed by atoms with Crippen molar-refractivity contribution in [3.05, 3.63) is 34.5 Å². The highest BCUT2D eigenvalue weighted by molar-refractivity contribution is 5.91.